The van der Waals surface area contributed by atoms with E-state index in [0.29, 0.717) is 35.3 Å². The quantitative estimate of drug-likeness (QED) is 0.606. The molecule has 29 heavy (non-hydrogen) atoms. The highest BCUT2D eigenvalue weighted by Crippen LogP contribution is 2.31. The number of nitrogens with one attached hydrogen (secondary N) is 2. The number of aromatic nitrogens is 2. The molecule has 0 atom stereocenters. The molecular weight excluding hydrogens is 372 g/mol. The van der Waals surface area contributed by atoms with Crippen molar-refractivity contribution in [2.75, 3.05) is 26.6 Å². The Morgan fingerprint density at radius 2 is 1.72 bits per heavy atom. The number of rotatable bonds is 8. The number of nitrogens with zero attached hydrogens (tertiary/aromatic N) is 2. The van der Waals surface area contributed by atoms with Crippen LogP contribution in [0.5, 0.6) is 17.2 Å². The third-order valence-electron chi connectivity index (χ3n) is 4.20. The fourth-order valence-electron chi connectivity index (χ4n) is 2.71. The smallest absolute Gasteiger partial charge is 0.270 e. The Labute approximate surface area is 168 Å². The van der Waals surface area contributed by atoms with Crippen molar-refractivity contribution in [3.05, 3.63) is 66.1 Å². The second-order valence-corrected chi connectivity index (χ2v) is 5.97. The van der Waals surface area contributed by atoms with Crippen LogP contribution in [0.4, 0.5) is 11.5 Å². The van der Waals surface area contributed by atoms with Crippen LogP contribution in [0, 0.1) is 0 Å². The van der Waals surface area contributed by atoms with Crippen LogP contribution in [0.3, 0.4) is 0 Å². The number of ether oxygens (including phenoxy) is 3. The van der Waals surface area contributed by atoms with Crippen LogP contribution < -0.4 is 24.8 Å². The first kappa shape index (κ1) is 19.9. The minimum absolute atomic E-state index is 0.235. The van der Waals surface area contributed by atoms with E-state index >= 15 is 0 Å². The first-order valence-corrected chi connectivity index (χ1v) is 8.85. The molecule has 0 bridgehead atoms. The molecule has 0 saturated heterocycles. The molecule has 0 spiro atoms. The van der Waals surface area contributed by atoms with Crippen molar-refractivity contribution in [1.82, 2.24) is 15.3 Å². The molecule has 2 N–H and O–H groups in total. The molecule has 8 heteroatoms. The van der Waals surface area contributed by atoms with Crippen molar-refractivity contribution in [2.24, 2.45) is 0 Å². The van der Waals surface area contributed by atoms with E-state index in [0.717, 1.165) is 5.56 Å². The molecule has 8 nitrogen and oxygen atoms in total. The second kappa shape index (κ2) is 9.41. The molecule has 0 aliphatic carbocycles. The van der Waals surface area contributed by atoms with Gasteiger partial charge in [0.15, 0.2) is 0 Å². The third kappa shape index (κ3) is 4.92. The molecule has 0 saturated carbocycles. The fraction of sp³-hybridized carbons (Fsp3) is 0.190. The molecule has 3 rings (SSSR count). The Bertz CT molecular complexity index is 994. The maximum absolute atomic E-state index is 12.5. The lowest BCUT2D eigenvalue weighted by Gasteiger charge is -2.13. The van der Waals surface area contributed by atoms with Gasteiger partial charge in [-0.2, -0.15) is 0 Å². The van der Waals surface area contributed by atoms with Crippen LogP contribution >= 0.6 is 0 Å². The summed E-state index contributed by atoms with van der Waals surface area (Å²) >= 11 is 0. The lowest BCUT2D eigenvalue weighted by molar-refractivity contribution is 0.0945. The maximum atomic E-state index is 12.5. The van der Waals surface area contributed by atoms with Crippen LogP contribution in [-0.4, -0.2) is 37.2 Å². The fourth-order valence-corrected chi connectivity index (χ4v) is 2.71. The molecule has 150 valence electrons. The monoisotopic (exact) mass is 394 g/mol. The normalized spacial score (nSPS) is 10.2. The predicted molar refractivity (Wildman–Crippen MR) is 109 cm³/mol. The molecule has 0 radical (unpaired) electrons. The van der Waals surface area contributed by atoms with E-state index < -0.39 is 0 Å². The van der Waals surface area contributed by atoms with Gasteiger partial charge in [0.2, 0.25) is 0 Å². The van der Waals surface area contributed by atoms with Gasteiger partial charge in [0.05, 0.1) is 27.0 Å². The summed E-state index contributed by atoms with van der Waals surface area (Å²) in [5.74, 6) is 2.12. The Hall–Kier alpha value is -3.81. The molecule has 2 aromatic carbocycles. The van der Waals surface area contributed by atoms with Crippen molar-refractivity contribution in [3.8, 4) is 17.2 Å². The number of para-hydroxylation sites is 1. The Morgan fingerprint density at radius 3 is 2.48 bits per heavy atom. The van der Waals surface area contributed by atoms with Gasteiger partial charge >= 0.3 is 0 Å². The summed E-state index contributed by atoms with van der Waals surface area (Å²) in [7, 11) is 4.75. The molecule has 0 unspecified atom stereocenters. The number of benzene rings is 2. The standard InChI is InChI=1S/C21H22N4O4/c1-27-15-8-9-19(29-3)16(10-15)25-20-11-17(23-13-24-20)21(26)22-12-14-6-4-5-7-18(14)28-2/h4-11,13H,12H2,1-3H3,(H,22,26)(H,23,24,25). The van der Waals surface area contributed by atoms with Gasteiger partial charge in [0.25, 0.3) is 5.91 Å². The first-order valence-electron chi connectivity index (χ1n) is 8.85. The molecule has 1 aromatic heterocycles. The summed E-state index contributed by atoms with van der Waals surface area (Å²) in [5, 5.41) is 5.97. The second-order valence-electron chi connectivity index (χ2n) is 5.97. The lowest BCUT2D eigenvalue weighted by Crippen LogP contribution is -2.24. The van der Waals surface area contributed by atoms with E-state index in [9.17, 15) is 4.79 Å². The number of amides is 1. The largest absolute Gasteiger partial charge is 0.497 e. The third-order valence-corrected chi connectivity index (χ3v) is 4.20. The number of hydrogen-bond acceptors (Lipinski definition) is 7. The molecule has 0 aliphatic heterocycles. The van der Waals surface area contributed by atoms with Crippen LogP contribution in [0.15, 0.2) is 54.9 Å². The van der Waals surface area contributed by atoms with Gasteiger partial charge in [0.1, 0.15) is 35.1 Å². The van der Waals surface area contributed by atoms with Crippen LogP contribution in [-0.2, 0) is 6.54 Å². The average molecular weight is 394 g/mol. The zero-order chi connectivity index (χ0) is 20.6. The van der Waals surface area contributed by atoms with E-state index in [4.69, 9.17) is 14.2 Å². The number of anilines is 2. The van der Waals surface area contributed by atoms with Gasteiger partial charge in [-0.25, -0.2) is 9.97 Å². The van der Waals surface area contributed by atoms with Crippen LogP contribution in [0.2, 0.25) is 0 Å². The minimum Gasteiger partial charge on any atom is -0.497 e. The van der Waals surface area contributed by atoms with E-state index in [-0.39, 0.29) is 11.6 Å². The van der Waals surface area contributed by atoms with Gasteiger partial charge in [0, 0.05) is 24.2 Å². The van der Waals surface area contributed by atoms with Crippen LogP contribution in [0.25, 0.3) is 0 Å². The van der Waals surface area contributed by atoms with Crippen molar-refractivity contribution in [1.29, 1.82) is 0 Å². The van der Waals surface area contributed by atoms with E-state index in [1.54, 1.807) is 45.6 Å². The van der Waals surface area contributed by atoms with E-state index in [1.807, 2.05) is 24.3 Å². The van der Waals surface area contributed by atoms with Crippen molar-refractivity contribution in [2.45, 2.75) is 6.54 Å². The SMILES string of the molecule is COc1ccc(OC)c(Nc2cc(C(=O)NCc3ccccc3OC)ncn2)c1. The summed E-state index contributed by atoms with van der Waals surface area (Å²) in [6.45, 7) is 0.319. The summed E-state index contributed by atoms with van der Waals surface area (Å²) in [6, 6.07) is 14.4. The number of hydrogen-bond donors (Lipinski definition) is 2. The van der Waals surface area contributed by atoms with Crippen molar-refractivity contribution >= 4 is 17.4 Å². The maximum Gasteiger partial charge on any atom is 0.270 e. The topological polar surface area (TPSA) is 94.6 Å². The van der Waals surface area contributed by atoms with Gasteiger partial charge in [-0.15, -0.1) is 0 Å². The van der Waals surface area contributed by atoms with Crippen LogP contribution in [0.1, 0.15) is 16.1 Å². The molecule has 1 amide bonds. The lowest BCUT2D eigenvalue weighted by atomic mass is 10.2. The molecular formula is C21H22N4O4. The highest BCUT2D eigenvalue weighted by molar-refractivity contribution is 5.93. The summed E-state index contributed by atoms with van der Waals surface area (Å²) in [4.78, 5) is 20.8. The predicted octanol–water partition coefficient (Wildman–Crippen LogP) is 3.18. The van der Waals surface area contributed by atoms with Crippen molar-refractivity contribution < 1.29 is 19.0 Å². The zero-order valence-electron chi connectivity index (χ0n) is 16.4. The Kier molecular flexibility index (Phi) is 6.47. The molecule has 3 aromatic rings. The van der Waals surface area contributed by atoms with Crippen molar-refractivity contribution in [3.63, 3.8) is 0 Å². The Morgan fingerprint density at radius 1 is 0.931 bits per heavy atom. The van der Waals surface area contributed by atoms with Gasteiger partial charge in [-0.1, -0.05) is 18.2 Å². The summed E-state index contributed by atoms with van der Waals surface area (Å²) < 4.78 is 15.9. The van der Waals surface area contributed by atoms with Gasteiger partial charge < -0.3 is 24.8 Å². The first-order chi connectivity index (χ1) is 14.1. The number of carbonyl (C=O) groups is 1. The highest BCUT2D eigenvalue weighted by atomic mass is 16.5. The summed E-state index contributed by atoms with van der Waals surface area (Å²) in [5.41, 5.74) is 1.77. The highest BCUT2D eigenvalue weighted by Gasteiger charge is 2.12. The van der Waals surface area contributed by atoms with E-state index in [2.05, 4.69) is 20.6 Å². The molecule has 0 fully saturated rings. The Balaban J connectivity index is 1.73. The molecule has 1 heterocycles. The minimum atomic E-state index is -0.320. The zero-order valence-corrected chi connectivity index (χ0v) is 16.4. The van der Waals surface area contributed by atoms with Gasteiger partial charge in [-0.3, -0.25) is 4.79 Å². The van der Waals surface area contributed by atoms with E-state index in [1.165, 1.54) is 6.33 Å². The summed E-state index contributed by atoms with van der Waals surface area (Å²) in [6.07, 6.45) is 1.33. The van der Waals surface area contributed by atoms with Gasteiger partial charge in [-0.05, 0) is 18.2 Å². The number of methoxy groups -OCH3 is 3. The average Bonchev–Trinajstić information content (AvgIpc) is 2.77. The molecule has 0 aliphatic rings. The number of carbonyl (C=O) groups excluding carboxylic acids is 1.